The van der Waals surface area contributed by atoms with Gasteiger partial charge >= 0.3 is 0 Å². The second-order valence-corrected chi connectivity index (χ2v) is 8.78. The lowest BCUT2D eigenvalue weighted by molar-refractivity contribution is 0.0822. The summed E-state index contributed by atoms with van der Waals surface area (Å²) < 4.78 is 1.69. The van der Waals surface area contributed by atoms with Crippen molar-refractivity contribution >= 4 is 23.2 Å². The SMILES string of the molecule is Cc1cc(Nc2cc(NCCO)ncn2)c(=O)n2c1C(=O)NC21CCC2(CC2)CC1. The Morgan fingerprint density at radius 3 is 2.50 bits per heavy atom. The number of hydrogen-bond acceptors (Lipinski definition) is 7. The zero-order valence-electron chi connectivity index (χ0n) is 17.0. The number of carbonyl (C=O) groups is 1. The molecular weight excluding hydrogens is 384 g/mol. The molecule has 2 aromatic rings. The number of fused-ring (bicyclic) bond motifs is 2. The Hall–Kier alpha value is -2.94. The highest BCUT2D eigenvalue weighted by Crippen LogP contribution is 2.59. The Bertz CT molecular complexity index is 1060. The minimum atomic E-state index is -0.626. The van der Waals surface area contributed by atoms with E-state index in [1.54, 1.807) is 16.7 Å². The van der Waals surface area contributed by atoms with Gasteiger partial charge in [-0.1, -0.05) is 0 Å². The highest BCUT2D eigenvalue weighted by atomic mass is 16.3. The lowest BCUT2D eigenvalue weighted by atomic mass is 9.79. The molecule has 0 atom stereocenters. The van der Waals surface area contributed by atoms with Crippen LogP contribution in [0.4, 0.5) is 17.3 Å². The van der Waals surface area contributed by atoms with Crippen molar-refractivity contribution in [3.8, 4) is 0 Å². The molecule has 2 fully saturated rings. The molecule has 3 aliphatic rings. The van der Waals surface area contributed by atoms with E-state index in [1.165, 1.54) is 19.2 Å². The lowest BCUT2D eigenvalue weighted by Crippen LogP contribution is -2.50. The van der Waals surface area contributed by atoms with Crippen molar-refractivity contribution in [2.45, 2.75) is 51.1 Å². The van der Waals surface area contributed by atoms with Crippen LogP contribution in [0.5, 0.6) is 0 Å². The van der Waals surface area contributed by atoms with Gasteiger partial charge in [-0.25, -0.2) is 9.97 Å². The number of rotatable bonds is 5. The van der Waals surface area contributed by atoms with Gasteiger partial charge in [0.05, 0.1) is 6.61 Å². The van der Waals surface area contributed by atoms with Gasteiger partial charge in [0.1, 0.15) is 35.0 Å². The first kappa shape index (κ1) is 19.0. The van der Waals surface area contributed by atoms with E-state index in [1.807, 2.05) is 6.92 Å². The van der Waals surface area contributed by atoms with Gasteiger partial charge in [-0.15, -0.1) is 0 Å². The maximum absolute atomic E-state index is 13.5. The van der Waals surface area contributed by atoms with Crippen molar-refractivity contribution in [1.29, 1.82) is 0 Å². The van der Waals surface area contributed by atoms with Crippen molar-refractivity contribution in [2.75, 3.05) is 23.8 Å². The minimum absolute atomic E-state index is 0.0114. The molecule has 2 aliphatic carbocycles. The van der Waals surface area contributed by atoms with E-state index in [2.05, 4.69) is 25.9 Å². The molecule has 1 aliphatic heterocycles. The summed E-state index contributed by atoms with van der Waals surface area (Å²) in [5, 5.41) is 18.2. The normalized spacial score (nSPS) is 20.1. The van der Waals surface area contributed by atoms with Gasteiger partial charge in [0.25, 0.3) is 11.5 Å². The molecule has 9 nitrogen and oxygen atoms in total. The average Bonchev–Trinajstić information content (AvgIpc) is 3.43. The van der Waals surface area contributed by atoms with E-state index in [0.717, 1.165) is 31.2 Å². The average molecular weight is 410 g/mol. The van der Waals surface area contributed by atoms with E-state index in [4.69, 9.17) is 5.11 Å². The van der Waals surface area contributed by atoms with Crippen LogP contribution >= 0.6 is 0 Å². The van der Waals surface area contributed by atoms with Crippen molar-refractivity contribution in [1.82, 2.24) is 19.9 Å². The Morgan fingerprint density at radius 2 is 1.80 bits per heavy atom. The maximum Gasteiger partial charge on any atom is 0.276 e. The monoisotopic (exact) mass is 410 g/mol. The third kappa shape index (κ3) is 3.04. The van der Waals surface area contributed by atoms with Gasteiger partial charge < -0.3 is 21.1 Å². The smallest absolute Gasteiger partial charge is 0.276 e. The first-order chi connectivity index (χ1) is 14.5. The molecule has 0 aromatic carbocycles. The molecule has 5 rings (SSSR count). The summed E-state index contributed by atoms with van der Waals surface area (Å²) in [7, 11) is 0. The van der Waals surface area contributed by atoms with Crippen LogP contribution in [-0.4, -0.2) is 38.7 Å². The van der Waals surface area contributed by atoms with Gasteiger partial charge in [-0.3, -0.25) is 14.2 Å². The fourth-order valence-electron chi connectivity index (χ4n) is 4.91. The van der Waals surface area contributed by atoms with Crippen LogP contribution in [0.1, 0.15) is 54.6 Å². The molecule has 0 bridgehead atoms. The summed E-state index contributed by atoms with van der Waals surface area (Å²) in [6, 6.07) is 3.39. The van der Waals surface area contributed by atoms with Crippen LogP contribution in [0.2, 0.25) is 0 Å². The summed E-state index contributed by atoms with van der Waals surface area (Å²) in [4.78, 5) is 34.6. The van der Waals surface area contributed by atoms with Crippen molar-refractivity contribution in [3.05, 3.63) is 40.1 Å². The molecule has 158 valence electrons. The standard InChI is InChI=1S/C21H26N6O3/c1-13-10-14(25-16-11-15(22-8-9-28)23-12-24-16)19(30)27-17(13)18(29)26-21(27)6-4-20(2-3-20)5-7-21/h10-12,28H,2-9H2,1H3,(H,26,29)(H2,22,23,24,25). The summed E-state index contributed by atoms with van der Waals surface area (Å²) >= 11 is 0. The third-order valence-electron chi connectivity index (χ3n) is 6.82. The number of aryl methyl sites for hydroxylation is 1. The molecule has 4 N–H and O–H groups in total. The summed E-state index contributed by atoms with van der Waals surface area (Å²) in [6.45, 7) is 2.21. The Balaban J connectivity index is 1.50. The number of anilines is 3. The summed E-state index contributed by atoms with van der Waals surface area (Å²) in [6.07, 6.45) is 7.58. The van der Waals surface area contributed by atoms with Crippen LogP contribution in [-0.2, 0) is 5.66 Å². The number of nitrogens with one attached hydrogen (secondary N) is 3. The fraction of sp³-hybridized carbons (Fsp3) is 0.524. The molecule has 1 amide bonds. The first-order valence-electron chi connectivity index (χ1n) is 10.5. The predicted molar refractivity (Wildman–Crippen MR) is 112 cm³/mol. The first-order valence-corrected chi connectivity index (χ1v) is 10.5. The molecular formula is C21H26N6O3. The number of amides is 1. The highest BCUT2D eigenvalue weighted by molar-refractivity contribution is 5.97. The molecule has 3 heterocycles. The van der Waals surface area contributed by atoms with Crippen LogP contribution in [0.15, 0.2) is 23.3 Å². The van der Waals surface area contributed by atoms with Gasteiger partial charge in [-0.2, -0.15) is 0 Å². The predicted octanol–water partition coefficient (Wildman–Crippen LogP) is 1.84. The zero-order valence-corrected chi connectivity index (χ0v) is 17.0. The van der Waals surface area contributed by atoms with E-state index < -0.39 is 5.66 Å². The van der Waals surface area contributed by atoms with E-state index in [-0.39, 0.29) is 18.1 Å². The Morgan fingerprint density at radius 1 is 1.10 bits per heavy atom. The van der Waals surface area contributed by atoms with E-state index >= 15 is 0 Å². The van der Waals surface area contributed by atoms with Crippen molar-refractivity contribution < 1.29 is 9.90 Å². The highest BCUT2D eigenvalue weighted by Gasteiger charge is 2.53. The zero-order chi connectivity index (χ0) is 20.9. The molecule has 0 radical (unpaired) electrons. The third-order valence-corrected chi connectivity index (χ3v) is 6.82. The number of hydrogen-bond donors (Lipinski definition) is 4. The van der Waals surface area contributed by atoms with Crippen molar-refractivity contribution in [3.63, 3.8) is 0 Å². The topological polar surface area (TPSA) is 121 Å². The Labute approximate surface area is 173 Å². The minimum Gasteiger partial charge on any atom is -0.395 e. The van der Waals surface area contributed by atoms with E-state index in [9.17, 15) is 9.59 Å². The molecule has 30 heavy (non-hydrogen) atoms. The quantitative estimate of drug-likeness (QED) is 0.593. The molecule has 0 unspecified atom stereocenters. The van der Waals surface area contributed by atoms with Crippen molar-refractivity contribution in [2.24, 2.45) is 5.41 Å². The van der Waals surface area contributed by atoms with Crippen LogP contribution in [0, 0.1) is 12.3 Å². The second kappa shape index (κ2) is 6.80. The summed E-state index contributed by atoms with van der Waals surface area (Å²) in [5.41, 5.74) is 1.21. The lowest BCUT2D eigenvalue weighted by Gasteiger charge is -2.39. The number of aromatic nitrogens is 3. The summed E-state index contributed by atoms with van der Waals surface area (Å²) in [5.74, 6) is 0.852. The van der Waals surface area contributed by atoms with Gasteiger partial charge in [-0.05, 0) is 62.5 Å². The van der Waals surface area contributed by atoms with Crippen LogP contribution in [0.25, 0.3) is 0 Å². The molecule has 0 saturated heterocycles. The fourth-order valence-corrected chi connectivity index (χ4v) is 4.91. The van der Waals surface area contributed by atoms with Crippen LogP contribution < -0.4 is 21.5 Å². The number of carbonyl (C=O) groups excluding carboxylic acids is 1. The molecule has 2 aromatic heterocycles. The molecule has 2 spiro atoms. The molecule has 9 heteroatoms. The number of pyridine rings is 1. The van der Waals surface area contributed by atoms with Gasteiger partial charge in [0.2, 0.25) is 0 Å². The van der Waals surface area contributed by atoms with Crippen LogP contribution in [0.3, 0.4) is 0 Å². The van der Waals surface area contributed by atoms with Gasteiger partial charge in [0, 0.05) is 12.6 Å². The Kier molecular flexibility index (Phi) is 4.32. The maximum atomic E-state index is 13.5. The van der Waals surface area contributed by atoms with E-state index in [0.29, 0.717) is 35.0 Å². The number of aliphatic hydroxyl groups excluding tert-OH is 1. The number of nitrogens with zero attached hydrogens (tertiary/aromatic N) is 3. The number of aliphatic hydroxyl groups is 1. The largest absolute Gasteiger partial charge is 0.395 e. The molecule has 2 saturated carbocycles. The van der Waals surface area contributed by atoms with Gasteiger partial charge in [0.15, 0.2) is 0 Å². The second-order valence-electron chi connectivity index (χ2n) is 8.78.